The van der Waals surface area contributed by atoms with E-state index in [9.17, 15) is 0 Å². The minimum Gasteiger partial charge on any atom is -0.381 e. The second-order valence-corrected chi connectivity index (χ2v) is 6.25. The van der Waals surface area contributed by atoms with Gasteiger partial charge in [0.2, 0.25) is 0 Å². The first-order chi connectivity index (χ1) is 9.30. The minimum atomic E-state index is 0.469. The van der Waals surface area contributed by atoms with E-state index in [0.29, 0.717) is 11.3 Å². The van der Waals surface area contributed by atoms with Gasteiger partial charge in [0.05, 0.1) is 0 Å². The summed E-state index contributed by atoms with van der Waals surface area (Å²) >= 11 is 0. The van der Waals surface area contributed by atoms with E-state index in [1.54, 1.807) is 0 Å². The summed E-state index contributed by atoms with van der Waals surface area (Å²) in [6.07, 6.45) is 5.08. The molecule has 2 heterocycles. The Labute approximate surface area is 116 Å². The maximum atomic E-state index is 5.70. The maximum Gasteiger partial charge on any atom is 0.0471 e. The molecule has 104 valence electrons. The fraction of sp³-hybridized carbons (Fsp3) is 0.647. The van der Waals surface area contributed by atoms with Crippen LogP contribution in [0.5, 0.6) is 0 Å². The lowest BCUT2D eigenvalue weighted by atomic mass is 9.64. The summed E-state index contributed by atoms with van der Waals surface area (Å²) in [6, 6.07) is 9.18. The molecule has 2 unspecified atom stereocenters. The molecule has 2 heteroatoms. The van der Waals surface area contributed by atoms with Crippen molar-refractivity contribution in [2.24, 2.45) is 5.41 Å². The van der Waals surface area contributed by atoms with Gasteiger partial charge in [0.1, 0.15) is 0 Å². The van der Waals surface area contributed by atoms with Gasteiger partial charge in [0.15, 0.2) is 0 Å². The molecule has 1 N–H and O–H groups in total. The Morgan fingerprint density at radius 1 is 1.11 bits per heavy atom. The molecule has 0 bridgehead atoms. The molecule has 1 aromatic carbocycles. The van der Waals surface area contributed by atoms with Crippen molar-refractivity contribution in [3.05, 3.63) is 35.4 Å². The summed E-state index contributed by atoms with van der Waals surface area (Å²) in [4.78, 5) is 0. The van der Waals surface area contributed by atoms with Gasteiger partial charge in [-0.1, -0.05) is 29.8 Å². The SMILES string of the molecule is Cc1ccc(C2CNCCC23CCCOCC3)cc1. The van der Waals surface area contributed by atoms with Gasteiger partial charge >= 0.3 is 0 Å². The molecule has 2 aliphatic heterocycles. The van der Waals surface area contributed by atoms with Gasteiger partial charge in [-0.2, -0.15) is 0 Å². The molecule has 2 saturated heterocycles. The lowest BCUT2D eigenvalue weighted by Crippen LogP contribution is -2.43. The predicted octanol–water partition coefficient (Wildman–Crippen LogP) is 3.26. The average molecular weight is 259 g/mol. The zero-order chi connectivity index (χ0) is 13.1. The maximum absolute atomic E-state index is 5.70. The van der Waals surface area contributed by atoms with Crippen LogP contribution in [0.15, 0.2) is 24.3 Å². The summed E-state index contributed by atoms with van der Waals surface area (Å²) < 4.78 is 5.70. The van der Waals surface area contributed by atoms with E-state index in [4.69, 9.17) is 4.74 Å². The van der Waals surface area contributed by atoms with E-state index in [-0.39, 0.29) is 0 Å². The highest BCUT2D eigenvalue weighted by molar-refractivity contribution is 5.27. The van der Waals surface area contributed by atoms with Gasteiger partial charge in [0, 0.05) is 25.7 Å². The molecule has 0 radical (unpaired) electrons. The second kappa shape index (κ2) is 5.64. The zero-order valence-electron chi connectivity index (χ0n) is 12.0. The molecule has 1 spiro atoms. The quantitative estimate of drug-likeness (QED) is 0.836. The van der Waals surface area contributed by atoms with E-state index < -0.39 is 0 Å². The van der Waals surface area contributed by atoms with Crippen molar-refractivity contribution in [2.45, 2.75) is 38.5 Å². The molecule has 2 atom stereocenters. The average Bonchev–Trinajstić information content (AvgIpc) is 2.67. The Balaban J connectivity index is 1.89. The zero-order valence-corrected chi connectivity index (χ0v) is 12.0. The van der Waals surface area contributed by atoms with Crippen LogP contribution >= 0.6 is 0 Å². The number of piperidine rings is 1. The fourth-order valence-corrected chi connectivity index (χ4v) is 3.87. The summed E-state index contributed by atoms with van der Waals surface area (Å²) in [6.45, 7) is 6.36. The van der Waals surface area contributed by atoms with E-state index >= 15 is 0 Å². The van der Waals surface area contributed by atoms with Gasteiger partial charge in [-0.3, -0.25) is 0 Å². The molecule has 0 saturated carbocycles. The van der Waals surface area contributed by atoms with Gasteiger partial charge < -0.3 is 10.1 Å². The molecule has 19 heavy (non-hydrogen) atoms. The molecule has 2 aliphatic rings. The molecule has 0 amide bonds. The summed E-state index contributed by atoms with van der Waals surface area (Å²) in [5, 5.41) is 3.60. The number of rotatable bonds is 1. The van der Waals surface area contributed by atoms with Crippen LogP contribution in [0.4, 0.5) is 0 Å². The largest absolute Gasteiger partial charge is 0.381 e. The van der Waals surface area contributed by atoms with Crippen LogP contribution in [0.2, 0.25) is 0 Å². The van der Waals surface area contributed by atoms with Crippen molar-refractivity contribution in [3.8, 4) is 0 Å². The molecule has 2 fully saturated rings. The monoisotopic (exact) mass is 259 g/mol. The number of hydrogen-bond acceptors (Lipinski definition) is 2. The predicted molar refractivity (Wildman–Crippen MR) is 78.5 cm³/mol. The van der Waals surface area contributed by atoms with Crippen molar-refractivity contribution < 1.29 is 4.74 Å². The van der Waals surface area contributed by atoms with Crippen LogP contribution in [0.25, 0.3) is 0 Å². The van der Waals surface area contributed by atoms with E-state index in [0.717, 1.165) is 19.8 Å². The number of hydrogen-bond donors (Lipinski definition) is 1. The summed E-state index contributed by atoms with van der Waals surface area (Å²) in [5.41, 5.74) is 3.34. The molecule has 0 aliphatic carbocycles. The molecule has 2 nitrogen and oxygen atoms in total. The highest BCUT2D eigenvalue weighted by Gasteiger charge is 2.41. The van der Waals surface area contributed by atoms with Gasteiger partial charge in [-0.05, 0) is 50.1 Å². The molecule has 1 aromatic rings. The van der Waals surface area contributed by atoms with Crippen LogP contribution in [-0.4, -0.2) is 26.3 Å². The normalized spacial score (nSPS) is 32.2. The third kappa shape index (κ3) is 2.70. The number of aryl methyl sites for hydroxylation is 1. The van der Waals surface area contributed by atoms with E-state index in [1.807, 2.05) is 0 Å². The third-order valence-corrected chi connectivity index (χ3v) is 5.07. The minimum absolute atomic E-state index is 0.469. The Kier molecular flexibility index (Phi) is 3.90. The summed E-state index contributed by atoms with van der Waals surface area (Å²) in [7, 11) is 0. The Hall–Kier alpha value is -0.860. The van der Waals surface area contributed by atoms with Crippen LogP contribution in [-0.2, 0) is 4.74 Å². The molecule has 3 rings (SSSR count). The van der Waals surface area contributed by atoms with Crippen molar-refractivity contribution in [3.63, 3.8) is 0 Å². The van der Waals surface area contributed by atoms with E-state index in [2.05, 4.69) is 36.5 Å². The van der Waals surface area contributed by atoms with Gasteiger partial charge in [-0.25, -0.2) is 0 Å². The van der Waals surface area contributed by atoms with Gasteiger partial charge in [-0.15, -0.1) is 0 Å². The molecule has 0 aromatic heterocycles. The van der Waals surface area contributed by atoms with Crippen LogP contribution < -0.4 is 5.32 Å². The van der Waals surface area contributed by atoms with Crippen molar-refractivity contribution in [1.82, 2.24) is 5.32 Å². The Morgan fingerprint density at radius 3 is 2.79 bits per heavy atom. The standard InChI is InChI=1S/C17H25NO/c1-14-3-5-15(6-4-14)16-13-18-10-8-17(16)7-2-11-19-12-9-17/h3-6,16,18H,2,7-13H2,1H3. The van der Waals surface area contributed by atoms with E-state index in [1.165, 1.54) is 43.4 Å². The second-order valence-electron chi connectivity index (χ2n) is 6.25. The Bertz CT molecular complexity index is 404. The number of ether oxygens (including phenoxy) is 1. The number of nitrogens with one attached hydrogen (secondary N) is 1. The molecular formula is C17H25NO. The smallest absolute Gasteiger partial charge is 0.0471 e. The molecular weight excluding hydrogens is 234 g/mol. The number of benzene rings is 1. The van der Waals surface area contributed by atoms with Gasteiger partial charge in [0.25, 0.3) is 0 Å². The highest BCUT2D eigenvalue weighted by Crippen LogP contribution is 2.48. The van der Waals surface area contributed by atoms with Crippen molar-refractivity contribution in [1.29, 1.82) is 0 Å². The lowest BCUT2D eigenvalue weighted by Gasteiger charge is -2.44. The highest BCUT2D eigenvalue weighted by atomic mass is 16.5. The van der Waals surface area contributed by atoms with Crippen molar-refractivity contribution in [2.75, 3.05) is 26.3 Å². The Morgan fingerprint density at radius 2 is 1.95 bits per heavy atom. The lowest BCUT2D eigenvalue weighted by molar-refractivity contribution is 0.104. The fourth-order valence-electron chi connectivity index (χ4n) is 3.87. The first kappa shape index (κ1) is 13.1. The third-order valence-electron chi connectivity index (χ3n) is 5.07. The van der Waals surface area contributed by atoms with Crippen molar-refractivity contribution >= 4 is 0 Å². The topological polar surface area (TPSA) is 21.3 Å². The summed E-state index contributed by atoms with van der Waals surface area (Å²) in [5.74, 6) is 0.656. The van der Waals surface area contributed by atoms with Crippen LogP contribution in [0.3, 0.4) is 0 Å². The van der Waals surface area contributed by atoms with Crippen LogP contribution in [0, 0.1) is 12.3 Å². The first-order valence-corrected chi connectivity index (χ1v) is 7.65. The first-order valence-electron chi connectivity index (χ1n) is 7.65. The van der Waals surface area contributed by atoms with Crippen LogP contribution in [0.1, 0.15) is 42.7 Å².